The number of hydrogen-bond donors (Lipinski definition) is 2. The Bertz CT molecular complexity index is 2150. The number of piperidine rings is 1. The van der Waals surface area contributed by atoms with E-state index in [2.05, 4.69) is 40.4 Å². The molecule has 11 heteroatoms. The van der Waals surface area contributed by atoms with Crippen LogP contribution in [0.3, 0.4) is 0 Å². The van der Waals surface area contributed by atoms with Gasteiger partial charge in [0, 0.05) is 42.2 Å². The number of carbonyl (C=O) groups is 2. The first kappa shape index (κ1) is 34.1. The molecule has 4 aromatic rings. The maximum absolute atomic E-state index is 13.8. The molecule has 0 radical (unpaired) electrons. The van der Waals surface area contributed by atoms with Crippen molar-refractivity contribution in [3.8, 4) is 0 Å². The van der Waals surface area contributed by atoms with Gasteiger partial charge < -0.3 is 14.6 Å². The van der Waals surface area contributed by atoms with Gasteiger partial charge in [0.2, 0.25) is 15.9 Å². The van der Waals surface area contributed by atoms with Crippen LogP contribution >= 0.6 is 11.6 Å². The third-order valence-electron chi connectivity index (χ3n) is 10.2. The Kier molecular flexibility index (Phi) is 9.34. The summed E-state index contributed by atoms with van der Waals surface area (Å²) in [5.41, 5.74) is 4.21. The van der Waals surface area contributed by atoms with Crippen LogP contribution in [0.4, 0.5) is 5.69 Å². The molecule has 7 rings (SSSR count). The molecule has 2 N–H and O–H groups in total. The quantitative estimate of drug-likeness (QED) is 0.176. The van der Waals surface area contributed by atoms with Gasteiger partial charge in [-0.25, -0.2) is 8.42 Å². The van der Waals surface area contributed by atoms with E-state index in [0.29, 0.717) is 30.3 Å². The minimum atomic E-state index is -3.54. The van der Waals surface area contributed by atoms with Gasteiger partial charge in [-0.3, -0.25) is 19.1 Å². The van der Waals surface area contributed by atoms with Gasteiger partial charge in [0.1, 0.15) is 5.58 Å². The fraction of sp³-hybridized carbons (Fsp3) is 0.359. The van der Waals surface area contributed by atoms with E-state index in [-0.39, 0.29) is 34.2 Å². The van der Waals surface area contributed by atoms with E-state index < -0.39 is 26.9 Å². The van der Waals surface area contributed by atoms with Crippen molar-refractivity contribution < 1.29 is 22.4 Å². The highest BCUT2D eigenvalue weighted by Crippen LogP contribution is 2.54. The lowest BCUT2D eigenvalue weighted by atomic mass is 9.79. The highest BCUT2D eigenvalue weighted by molar-refractivity contribution is 7.92. The minimum absolute atomic E-state index is 0.0218. The third-order valence-corrected chi connectivity index (χ3v) is 11.1. The Morgan fingerprint density at radius 1 is 1.00 bits per heavy atom. The van der Waals surface area contributed by atoms with E-state index >= 15 is 0 Å². The predicted molar refractivity (Wildman–Crippen MR) is 195 cm³/mol. The second-order valence-corrected chi connectivity index (χ2v) is 16.1. The van der Waals surface area contributed by atoms with Crippen molar-refractivity contribution in [3.63, 3.8) is 0 Å². The molecule has 2 aliphatic carbocycles. The van der Waals surface area contributed by atoms with Crippen molar-refractivity contribution >= 4 is 50.1 Å². The van der Waals surface area contributed by atoms with Gasteiger partial charge in [-0.1, -0.05) is 59.6 Å². The molecule has 1 aromatic heterocycles. The molecular weight excluding hydrogens is 674 g/mol. The number of halogens is 1. The standard InChI is InChI=1S/C39H40ClN3O6S/c1-50(47,48)42-30-17-18-35-32(20-30)34(44)21-36(49-35)38(46)41-39(23-33(39)27-13-15-29(40)16-14-27)22-25-9-11-26(12-10-25)31-7-3-2-6-28(31)24-43-19-5-4-8-37(43)45/h2-3,6-7,13-18,20-22,26,33,42H,4-5,8-12,19,23-24H2,1H3,(H,41,46). The highest BCUT2D eigenvalue weighted by Gasteiger charge is 2.55. The van der Waals surface area contributed by atoms with E-state index in [1.54, 1.807) is 0 Å². The molecule has 2 saturated carbocycles. The topological polar surface area (TPSA) is 126 Å². The van der Waals surface area contributed by atoms with Crippen LogP contribution in [0.2, 0.25) is 5.02 Å². The molecule has 3 aromatic carbocycles. The fourth-order valence-corrected chi connectivity index (χ4v) is 8.34. The highest BCUT2D eigenvalue weighted by atomic mass is 35.5. The second kappa shape index (κ2) is 13.7. The summed E-state index contributed by atoms with van der Waals surface area (Å²) in [5, 5.41) is 4.02. The zero-order chi connectivity index (χ0) is 35.0. The number of fused-ring (bicyclic) bond motifs is 1. The average Bonchev–Trinajstić information content (AvgIpc) is 3.78. The summed E-state index contributed by atoms with van der Waals surface area (Å²) in [5.74, 6) is 0.0449. The molecular formula is C39H40ClN3O6S. The van der Waals surface area contributed by atoms with Crippen LogP contribution in [-0.4, -0.2) is 43.5 Å². The number of benzene rings is 3. The first-order valence-electron chi connectivity index (χ1n) is 17.2. The molecule has 1 aliphatic heterocycles. The van der Waals surface area contributed by atoms with Crippen LogP contribution in [-0.2, 0) is 21.4 Å². The van der Waals surface area contributed by atoms with E-state index in [1.165, 1.54) is 34.9 Å². The molecule has 3 aliphatic rings. The summed E-state index contributed by atoms with van der Waals surface area (Å²) in [4.78, 5) is 41.4. The maximum Gasteiger partial charge on any atom is 0.287 e. The number of amides is 2. The van der Waals surface area contributed by atoms with Crippen molar-refractivity contribution in [2.75, 3.05) is 17.5 Å². The number of sulfonamides is 1. The van der Waals surface area contributed by atoms with E-state index in [1.807, 2.05) is 29.2 Å². The minimum Gasteiger partial charge on any atom is -0.451 e. The SMILES string of the molecule is CS(=O)(=O)Nc1ccc2oc(C(=O)NC3(C=C4CCC(c5ccccc5CN5CCCCC5=O)CC4)CC3c3ccc(Cl)cc3)cc(=O)c2c1. The van der Waals surface area contributed by atoms with Crippen molar-refractivity contribution in [2.45, 2.75) is 75.3 Å². The molecule has 9 nitrogen and oxygen atoms in total. The first-order valence-corrected chi connectivity index (χ1v) is 19.4. The number of nitrogens with zero attached hydrogens (tertiary/aromatic N) is 1. The van der Waals surface area contributed by atoms with Crippen LogP contribution in [0.25, 0.3) is 11.0 Å². The Hall–Kier alpha value is -4.41. The van der Waals surface area contributed by atoms with Crippen LogP contribution in [0, 0.1) is 0 Å². The second-order valence-electron chi connectivity index (χ2n) is 13.9. The number of hydrogen-bond acceptors (Lipinski definition) is 6. The number of nitrogens with one attached hydrogen (secondary N) is 2. The summed E-state index contributed by atoms with van der Waals surface area (Å²) >= 11 is 6.19. The third kappa shape index (κ3) is 7.51. The van der Waals surface area contributed by atoms with E-state index in [4.69, 9.17) is 16.0 Å². The number of carbonyl (C=O) groups excluding carboxylic acids is 2. The average molecular weight is 714 g/mol. The van der Waals surface area contributed by atoms with Crippen LogP contribution in [0.15, 0.2) is 93.7 Å². The van der Waals surface area contributed by atoms with Gasteiger partial charge in [-0.2, -0.15) is 0 Å². The molecule has 0 bridgehead atoms. The molecule has 260 valence electrons. The van der Waals surface area contributed by atoms with Crippen LogP contribution < -0.4 is 15.5 Å². The Morgan fingerprint density at radius 3 is 2.50 bits per heavy atom. The molecule has 2 atom stereocenters. The van der Waals surface area contributed by atoms with Crippen LogP contribution in [0.5, 0.6) is 0 Å². The summed E-state index contributed by atoms with van der Waals surface area (Å²) in [6.45, 7) is 1.48. The van der Waals surface area contributed by atoms with Gasteiger partial charge in [0.05, 0.1) is 17.2 Å². The molecule has 2 heterocycles. The fourth-order valence-electron chi connectivity index (χ4n) is 7.66. The summed E-state index contributed by atoms with van der Waals surface area (Å²) in [6.07, 6.45) is 10.3. The first-order chi connectivity index (χ1) is 24.0. The lowest BCUT2D eigenvalue weighted by molar-refractivity contribution is -0.133. The van der Waals surface area contributed by atoms with Crippen molar-refractivity contribution in [1.29, 1.82) is 0 Å². The van der Waals surface area contributed by atoms with E-state index in [9.17, 15) is 22.8 Å². The molecule has 50 heavy (non-hydrogen) atoms. The monoisotopic (exact) mass is 713 g/mol. The van der Waals surface area contributed by atoms with Gasteiger partial charge in [-0.05, 0) is 97.9 Å². The molecule has 2 amide bonds. The van der Waals surface area contributed by atoms with Gasteiger partial charge >= 0.3 is 0 Å². The molecule has 1 saturated heterocycles. The largest absolute Gasteiger partial charge is 0.451 e. The normalized spacial score (nSPS) is 22.3. The Balaban J connectivity index is 1.11. The van der Waals surface area contributed by atoms with Gasteiger partial charge in [-0.15, -0.1) is 0 Å². The van der Waals surface area contributed by atoms with E-state index in [0.717, 1.165) is 63.0 Å². The molecule has 2 unspecified atom stereocenters. The van der Waals surface area contributed by atoms with Gasteiger partial charge in [0.25, 0.3) is 5.91 Å². The number of allylic oxidation sites excluding steroid dienone is 1. The number of rotatable bonds is 9. The Morgan fingerprint density at radius 2 is 1.76 bits per heavy atom. The number of likely N-dealkylation sites (tertiary alicyclic amines) is 1. The summed E-state index contributed by atoms with van der Waals surface area (Å²) < 4.78 is 31.6. The molecule has 0 spiro atoms. The molecule has 3 fully saturated rings. The van der Waals surface area contributed by atoms with Crippen molar-refractivity contribution in [3.05, 3.63) is 122 Å². The lowest BCUT2D eigenvalue weighted by Gasteiger charge is -2.31. The lowest BCUT2D eigenvalue weighted by Crippen LogP contribution is -2.37. The summed E-state index contributed by atoms with van der Waals surface area (Å²) in [7, 11) is -3.54. The zero-order valence-electron chi connectivity index (χ0n) is 27.9. The maximum atomic E-state index is 13.8. The van der Waals surface area contributed by atoms with Crippen LogP contribution in [0.1, 0.15) is 90.4 Å². The smallest absolute Gasteiger partial charge is 0.287 e. The predicted octanol–water partition coefficient (Wildman–Crippen LogP) is 7.27. The zero-order valence-corrected chi connectivity index (χ0v) is 29.5. The Labute approximate surface area is 296 Å². The van der Waals surface area contributed by atoms with Crippen molar-refractivity contribution in [1.82, 2.24) is 10.2 Å². The van der Waals surface area contributed by atoms with Crippen molar-refractivity contribution in [2.24, 2.45) is 0 Å². The summed E-state index contributed by atoms with van der Waals surface area (Å²) in [6, 6.07) is 21.7. The number of anilines is 1. The van der Waals surface area contributed by atoms with Gasteiger partial charge in [0.15, 0.2) is 11.2 Å².